The molecule has 0 aliphatic carbocycles. The Morgan fingerprint density at radius 2 is 1.57 bits per heavy atom. The van der Waals surface area contributed by atoms with E-state index in [4.69, 9.17) is 0 Å². The summed E-state index contributed by atoms with van der Waals surface area (Å²) in [5.74, 6) is -0.883. The summed E-state index contributed by atoms with van der Waals surface area (Å²) in [7, 11) is 0. The number of nitrogens with zero attached hydrogens (tertiary/aromatic N) is 2. The van der Waals surface area contributed by atoms with Gasteiger partial charge in [0, 0.05) is 16.7 Å². The molecule has 0 saturated carbocycles. The maximum atomic E-state index is 13.3. The summed E-state index contributed by atoms with van der Waals surface area (Å²) in [5.41, 5.74) is 3.10. The van der Waals surface area contributed by atoms with Gasteiger partial charge in [0.2, 0.25) is 6.17 Å². The average Bonchev–Trinajstić information content (AvgIpc) is 2.91. The highest BCUT2D eigenvalue weighted by atomic mass is 16.2. The summed E-state index contributed by atoms with van der Waals surface area (Å²) in [6, 6.07) is 25.4. The quantitative estimate of drug-likeness (QED) is 0.673. The van der Waals surface area contributed by atoms with Crippen molar-refractivity contribution in [3.63, 3.8) is 0 Å². The van der Waals surface area contributed by atoms with Gasteiger partial charge in [-0.05, 0) is 18.2 Å². The van der Waals surface area contributed by atoms with E-state index in [-0.39, 0.29) is 6.54 Å². The Morgan fingerprint density at radius 1 is 0.933 bits per heavy atom. The first kappa shape index (κ1) is 19.3. The number of anilines is 1. The van der Waals surface area contributed by atoms with E-state index in [1.165, 1.54) is 4.90 Å². The number of fused-ring (bicyclic) bond motifs is 1. The second-order valence-electron chi connectivity index (χ2n) is 6.72. The number of benzodiazepines with no additional fused rings is 1. The zero-order valence-corrected chi connectivity index (χ0v) is 16.1. The Bertz CT molecular complexity index is 1110. The molecule has 148 valence electrons. The van der Waals surface area contributed by atoms with E-state index in [0.29, 0.717) is 23.2 Å². The fraction of sp³-hybridized carbons (Fsp3) is 0.0833. The highest BCUT2D eigenvalue weighted by molar-refractivity contribution is 6.20. The van der Waals surface area contributed by atoms with Crippen LogP contribution in [0.1, 0.15) is 21.5 Å². The van der Waals surface area contributed by atoms with Crippen molar-refractivity contribution in [3.05, 3.63) is 102 Å². The summed E-state index contributed by atoms with van der Waals surface area (Å²) >= 11 is 0. The molecule has 3 aromatic rings. The molecule has 6 nitrogen and oxygen atoms in total. The molecule has 1 aliphatic rings. The van der Waals surface area contributed by atoms with Crippen molar-refractivity contribution in [2.75, 3.05) is 11.4 Å². The molecule has 0 saturated heterocycles. The van der Waals surface area contributed by atoms with Gasteiger partial charge in [-0.1, -0.05) is 66.7 Å². The van der Waals surface area contributed by atoms with Crippen molar-refractivity contribution in [1.29, 1.82) is 0 Å². The van der Waals surface area contributed by atoms with Crippen LogP contribution in [-0.2, 0) is 9.59 Å². The standard InChI is InChI=1S/C24H19N3O3/c28-16-15-27-20-14-8-7-13-19(20)21(17-9-3-1-4-10-17)25-22(24(27)30)26-23(29)18-11-5-2-6-12-18/h1-14,16,22H,15H2,(H,26,29). The third-order valence-corrected chi connectivity index (χ3v) is 4.82. The Hall–Kier alpha value is -4.06. The highest BCUT2D eigenvalue weighted by Gasteiger charge is 2.32. The van der Waals surface area contributed by atoms with E-state index in [1.807, 2.05) is 48.5 Å². The average molecular weight is 397 g/mol. The van der Waals surface area contributed by atoms with E-state index >= 15 is 0 Å². The largest absolute Gasteiger partial charge is 0.322 e. The van der Waals surface area contributed by atoms with Gasteiger partial charge in [0.25, 0.3) is 11.8 Å². The molecule has 2 amide bonds. The number of para-hydroxylation sites is 1. The summed E-state index contributed by atoms with van der Waals surface area (Å²) in [6.45, 7) is -0.134. The summed E-state index contributed by atoms with van der Waals surface area (Å²) < 4.78 is 0. The molecule has 1 N–H and O–H groups in total. The van der Waals surface area contributed by atoms with Gasteiger partial charge in [-0.25, -0.2) is 4.99 Å². The van der Waals surface area contributed by atoms with Gasteiger partial charge in [-0.15, -0.1) is 0 Å². The van der Waals surface area contributed by atoms with Crippen LogP contribution in [0.5, 0.6) is 0 Å². The molecule has 1 aliphatic heterocycles. The lowest BCUT2D eigenvalue weighted by Gasteiger charge is -2.23. The van der Waals surface area contributed by atoms with Gasteiger partial charge in [0.15, 0.2) is 0 Å². The number of carbonyl (C=O) groups excluding carboxylic acids is 3. The minimum Gasteiger partial charge on any atom is -0.322 e. The molecule has 0 fully saturated rings. The van der Waals surface area contributed by atoms with Gasteiger partial charge in [0.05, 0.1) is 17.9 Å². The second-order valence-corrected chi connectivity index (χ2v) is 6.72. The predicted octanol–water partition coefficient (Wildman–Crippen LogP) is 2.83. The van der Waals surface area contributed by atoms with Gasteiger partial charge >= 0.3 is 0 Å². The molecular weight excluding hydrogens is 378 g/mol. The summed E-state index contributed by atoms with van der Waals surface area (Å²) in [5, 5.41) is 2.71. The van der Waals surface area contributed by atoms with E-state index in [2.05, 4.69) is 10.3 Å². The van der Waals surface area contributed by atoms with E-state index in [0.717, 1.165) is 11.1 Å². The normalized spacial score (nSPS) is 15.6. The fourth-order valence-corrected chi connectivity index (χ4v) is 3.41. The van der Waals surface area contributed by atoms with Crippen molar-refractivity contribution in [3.8, 4) is 0 Å². The number of hydrogen-bond acceptors (Lipinski definition) is 4. The van der Waals surface area contributed by atoms with E-state index < -0.39 is 18.0 Å². The Labute approximate surface area is 173 Å². The van der Waals surface area contributed by atoms with Crippen molar-refractivity contribution in [2.24, 2.45) is 4.99 Å². The number of rotatable bonds is 5. The number of hydrogen-bond donors (Lipinski definition) is 1. The SMILES string of the molecule is O=CCN1C(=O)C(NC(=O)c2ccccc2)N=C(c2ccccc2)c2ccccc21. The predicted molar refractivity (Wildman–Crippen MR) is 115 cm³/mol. The smallest absolute Gasteiger partial charge is 0.272 e. The van der Waals surface area contributed by atoms with Gasteiger partial charge in [0.1, 0.15) is 6.29 Å². The topological polar surface area (TPSA) is 78.8 Å². The first-order chi connectivity index (χ1) is 14.7. The molecule has 6 heteroatoms. The number of benzene rings is 3. The van der Waals surface area contributed by atoms with Crippen LogP contribution in [-0.4, -0.2) is 36.5 Å². The number of aliphatic imine (C=N–C) groups is 1. The van der Waals surface area contributed by atoms with E-state index in [1.54, 1.807) is 36.4 Å². The van der Waals surface area contributed by atoms with Crippen LogP contribution in [0.25, 0.3) is 0 Å². The summed E-state index contributed by atoms with van der Waals surface area (Å²) in [4.78, 5) is 43.3. The number of amides is 2. The lowest BCUT2D eigenvalue weighted by atomic mass is 10.0. The van der Waals surface area contributed by atoms with Crippen LogP contribution in [0, 0.1) is 0 Å². The molecule has 0 bridgehead atoms. The van der Waals surface area contributed by atoms with E-state index in [9.17, 15) is 14.4 Å². The first-order valence-corrected chi connectivity index (χ1v) is 9.52. The van der Waals surface area contributed by atoms with Crippen molar-refractivity contribution < 1.29 is 14.4 Å². The maximum absolute atomic E-state index is 13.3. The minimum atomic E-state index is -1.17. The van der Waals surface area contributed by atoms with Crippen LogP contribution in [0.2, 0.25) is 0 Å². The zero-order valence-electron chi connectivity index (χ0n) is 16.1. The van der Waals surface area contributed by atoms with Crippen LogP contribution in [0.15, 0.2) is 89.9 Å². The van der Waals surface area contributed by atoms with Gasteiger partial charge in [-0.3, -0.25) is 9.59 Å². The Kier molecular flexibility index (Phi) is 5.48. The third-order valence-electron chi connectivity index (χ3n) is 4.82. The Balaban J connectivity index is 1.82. The third kappa shape index (κ3) is 3.75. The molecule has 1 unspecified atom stereocenters. The maximum Gasteiger partial charge on any atom is 0.272 e. The second kappa shape index (κ2) is 8.53. The minimum absolute atomic E-state index is 0.134. The lowest BCUT2D eigenvalue weighted by Crippen LogP contribution is -2.48. The van der Waals surface area contributed by atoms with Gasteiger partial charge < -0.3 is 15.0 Å². The van der Waals surface area contributed by atoms with Crippen LogP contribution >= 0.6 is 0 Å². The lowest BCUT2D eigenvalue weighted by molar-refractivity contribution is -0.121. The molecular formula is C24H19N3O3. The number of aldehydes is 1. The monoisotopic (exact) mass is 397 g/mol. The van der Waals surface area contributed by atoms with Crippen molar-refractivity contribution in [2.45, 2.75) is 6.17 Å². The molecule has 0 spiro atoms. The Morgan fingerprint density at radius 3 is 2.27 bits per heavy atom. The first-order valence-electron chi connectivity index (χ1n) is 9.52. The molecule has 0 radical (unpaired) electrons. The molecule has 3 aromatic carbocycles. The zero-order chi connectivity index (χ0) is 20.9. The van der Waals surface area contributed by atoms with Crippen LogP contribution in [0.4, 0.5) is 5.69 Å². The molecule has 1 atom stereocenters. The highest BCUT2D eigenvalue weighted by Crippen LogP contribution is 2.28. The molecule has 0 aromatic heterocycles. The van der Waals surface area contributed by atoms with Crippen LogP contribution in [0.3, 0.4) is 0 Å². The summed E-state index contributed by atoms with van der Waals surface area (Å²) in [6.07, 6.45) is -0.501. The van der Waals surface area contributed by atoms with Crippen molar-refractivity contribution in [1.82, 2.24) is 5.32 Å². The molecule has 4 rings (SSSR count). The number of carbonyl (C=O) groups is 3. The fourth-order valence-electron chi connectivity index (χ4n) is 3.41. The molecule has 1 heterocycles. The van der Waals surface area contributed by atoms with Crippen molar-refractivity contribution >= 4 is 29.5 Å². The molecule has 30 heavy (non-hydrogen) atoms. The number of nitrogens with one attached hydrogen (secondary N) is 1. The van der Waals surface area contributed by atoms with Gasteiger partial charge in [-0.2, -0.15) is 0 Å². The van der Waals surface area contributed by atoms with Crippen LogP contribution < -0.4 is 10.2 Å².